The smallest absolute Gasteiger partial charge is 0.336 e. The molecule has 6 rings (SSSR count). The van der Waals surface area contributed by atoms with Crippen LogP contribution in [0.3, 0.4) is 0 Å². The van der Waals surface area contributed by atoms with Gasteiger partial charge >= 0.3 is 5.97 Å². The maximum Gasteiger partial charge on any atom is 0.336 e. The van der Waals surface area contributed by atoms with Crippen LogP contribution in [0.5, 0.6) is 5.88 Å². The van der Waals surface area contributed by atoms with Crippen LogP contribution in [-0.4, -0.2) is 57.6 Å². The molecule has 1 amide bonds. The zero-order chi connectivity index (χ0) is 29.2. The van der Waals surface area contributed by atoms with Crippen molar-refractivity contribution in [3.63, 3.8) is 0 Å². The number of fused-ring (bicyclic) bond motifs is 1. The minimum Gasteiger partial charge on any atom is -0.406 e. The molecule has 2 aliphatic rings. The third-order valence-electron chi connectivity index (χ3n) is 8.53. The highest BCUT2D eigenvalue weighted by Crippen LogP contribution is 2.43. The summed E-state index contributed by atoms with van der Waals surface area (Å²) >= 11 is 0. The number of aryl methyl sites for hydroxylation is 2. The number of carbonyl (C=O) groups excluding carboxylic acids is 2. The van der Waals surface area contributed by atoms with Crippen molar-refractivity contribution in [3.05, 3.63) is 71.9 Å². The minimum atomic E-state index is -0.542. The number of amides is 1. The Morgan fingerprint density at radius 2 is 1.86 bits per heavy atom. The van der Waals surface area contributed by atoms with Gasteiger partial charge in [-0.05, 0) is 73.6 Å². The Labute approximate surface area is 246 Å². The van der Waals surface area contributed by atoms with Gasteiger partial charge in [-0.2, -0.15) is 0 Å². The summed E-state index contributed by atoms with van der Waals surface area (Å²) in [6, 6.07) is 14.5. The van der Waals surface area contributed by atoms with Crippen molar-refractivity contribution in [3.8, 4) is 28.5 Å². The van der Waals surface area contributed by atoms with Crippen molar-refractivity contribution in [2.45, 2.75) is 58.4 Å². The predicted molar refractivity (Wildman–Crippen MR) is 163 cm³/mol. The molecule has 0 unspecified atom stereocenters. The number of esters is 1. The van der Waals surface area contributed by atoms with Gasteiger partial charge in [0.2, 0.25) is 11.8 Å². The number of nitrogens with zero attached hydrogens (tertiary/aromatic N) is 3. The summed E-state index contributed by atoms with van der Waals surface area (Å²) in [5.74, 6) is 0.137. The monoisotopic (exact) mass is 566 g/mol. The van der Waals surface area contributed by atoms with Crippen molar-refractivity contribution in [1.29, 1.82) is 0 Å². The summed E-state index contributed by atoms with van der Waals surface area (Å²) in [4.78, 5) is 36.2. The van der Waals surface area contributed by atoms with Crippen LogP contribution in [0.1, 0.15) is 54.8 Å². The number of H-pyrrole nitrogens is 1. The number of aromatic nitrogens is 3. The first-order valence-electron chi connectivity index (χ1n) is 14.9. The maximum absolute atomic E-state index is 13.5. The lowest BCUT2D eigenvalue weighted by molar-refractivity contribution is -0.136. The van der Waals surface area contributed by atoms with Gasteiger partial charge in [0.25, 0.3) is 0 Å². The Balaban J connectivity index is 1.46. The van der Waals surface area contributed by atoms with Crippen LogP contribution < -0.4 is 4.74 Å². The molecule has 1 N–H and O–H groups in total. The highest BCUT2D eigenvalue weighted by molar-refractivity contribution is 5.88. The number of nitrogens with one attached hydrogen (secondary N) is 1. The summed E-state index contributed by atoms with van der Waals surface area (Å²) in [6.45, 7) is 9.95. The average Bonchev–Trinajstić information content (AvgIpc) is 3.55. The SMILES string of the molecule is C=CC(=O)Oc1cc(C2CCCCC2)c(-c2ccc3nc(-c4[nH]c(C)cc4C)ccc3c2)n1CC(=O)N1CCOCC1. The van der Waals surface area contributed by atoms with Gasteiger partial charge in [0.15, 0.2) is 0 Å². The van der Waals surface area contributed by atoms with Crippen LogP contribution in [0, 0.1) is 13.8 Å². The van der Waals surface area contributed by atoms with Crippen LogP contribution in [0.4, 0.5) is 0 Å². The number of ether oxygens (including phenoxy) is 2. The van der Waals surface area contributed by atoms with Crippen molar-refractivity contribution in [1.82, 2.24) is 19.4 Å². The quantitative estimate of drug-likeness (QED) is 0.209. The van der Waals surface area contributed by atoms with E-state index in [9.17, 15) is 9.59 Å². The molecule has 0 radical (unpaired) electrons. The summed E-state index contributed by atoms with van der Waals surface area (Å²) in [5, 5.41) is 1.00. The van der Waals surface area contributed by atoms with E-state index < -0.39 is 5.97 Å². The first-order valence-corrected chi connectivity index (χ1v) is 14.9. The number of carbonyl (C=O) groups is 2. The van der Waals surface area contributed by atoms with Gasteiger partial charge in [0.05, 0.1) is 35.8 Å². The molecule has 1 aromatic carbocycles. The molecule has 2 fully saturated rings. The molecule has 0 spiro atoms. The lowest BCUT2D eigenvalue weighted by atomic mass is 9.83. The molecular weight excluding hydrogens is 528 g/mol. The van der Waals surface area contributed by atoms with E-state index >= 15 is 0 Å². The van der Waals surface area contributed by atoms with E-state index in [-0.39, 0.29) is 12.5 Å². The molecule has 42 heavy (non-hydrogen) atoms. The lowest BCUT2D eigenvalue weighted by Gasteiger charge is -2.28. The Bertz CT molecular complexity index is 1640. The number of benzene rings is 1. The first kappa shape index (κ1) is 28.0. The number of pyridine rings is 1. The second-order valence-corrected chi connectivity index (χ2v) is 11.4. The fraction of sp³-hybridized carbons (Fsp3) is 0.382. The maximum atomic E-state index is 13.5. The van der Waals surface area contributed by atoms with Crippen molar-refractivity contribution in [2.24, 2.45) is 0 Å². The summed E-state index contributed by atoms with van der Waals surface area (Å²) in [6.07, 6.45) is 6.84. The topological polar surface area (TPSA) is 89.4 Å². The molecule has 0 atom stereocenters. The number of morpholine rings is 1. The number of rotatable bonds is 7. The van der Waals surface area contributed by atoms with Gasteiger partial charge in [-0.25, -0.2) is 9.78 Å². The predicted octanol–water partition coefficient (Wildman–Crippen LogP) is 6.31. The molecule has 4 aromatic rings. The van der Waals surface area contributed by atoms with Gasteiger partial charge in [-0.15, -0.1) is 0 Å². The van der Waals surface area contributed by atoms with E-state index in [2.05, 4.69) is 42.8 Å². The van der Waals surface area contributed by atoms with E-state index in [1.165, 1.54) is 6.42 Å². The first-order chi connectivity index (χ1) is 20.4. The Hall–Kier alpha value is -4.17. The zero-order valence-corrected chi connectivity index (χ0v) is 24.4. The van der Waals surface area contributed by atoms with Crippen LogP contribution in [0.25, 0.3) is 33.5 Å². The minimum absolute atomic E-state index is 0.0232. The van der Waals surface area contributed by atoms with Gasteiger partial charge < -0.3 is 23.9 Å². The lowest BCUT2D eigenvalue weighted by Crippen LogP contribution is -2.42. The van der Waals surface area contributed by atoms with Gasteiger partial charge in [0.1, 0.15) is 6.54 Å². The molecule has 0 bridgehead atoms. The Morgan fingerprint density at radius 3 is 2.57 bits per heavy atom. The summed E-state index contributed by atoms with van der Waals surface area (Å²) in [5.41, 5.74) is 8.12. The van der Waals surface area contributed by atoms with E-state index in [4.69, 9.17) is 14.5 Å². The highest BCUT2D eigenvalue weighted by atomic mass is 16.5. The van der Waals surface area contributed by atoms with Gasteiger partial charge in [0, 0.05) is 36.3 Å². The van der Waals surface area contributed by atoms with Gasteiger partial charge in [-0.3, -0.25) is 4.79 Å². The van der Waals surface area contributed by atoms with Crippen molar-refractivity contribution in [2.75, 3.05) is 26.3 Å². The second-order valence-electron chi connectivity index (χ2n) is 11.4. The Kier molecular flexibility index (Phi) is 7.98. The van der Waals surface area contributed by atoms with E-state index in [0.29, 0.717) is 38.1 Å². The van der Waals surface area contributed by atoms with Crippen LogP contribution in [0.2, 0.25) is 0 Å². The van der Waals surface area contributed by atoms with Gasteiger partial charge in [-0.1, -0.05) is 38.0 Å². The second kappa shape index (κ2) is 12.0. The highest BCUT2D eigenvalue weighted by Gasteiger charge is 2.28. The third kappa shape index (κ3) is 5.63. The molecular formula is C34H38N4O4. The summed E-state index contributed by atoms with van der Waals surface area (Å²) in [7, 11) is 0. The number of aromatic amines is 1. The zero-order valence-electron chi connectivity index (χ0n) is 24.4. The van der Waals surface area contributed by atoms with Crippen molar-refractivity contribution >= 4 is 22.8 Å². The molecule has 1 saturated carbocycles. The van der Waals surface area contributed by atoms with E-state index in [1.54, 1.807) is 0 Å². The fourth-order valence-electron chi connectivity index (χ4n) is 6.43. The van der Waals surface area contributed by atoms with Crippen molar-refractivity contribution < 1.29 is 19.1 Å². The normalized spacial score (nSPS) is 16.1. The number of hydrogen-bond acceptors (Lipinski definition) is 5. The molecule has 3 aromatic heterocycles. The van der Waals surface area contributed by atoms with Crippen LogP contribution >= 0.6 is 0 Å². The molecule has 1 aliphatic heterocycles. The number of hydrogen-bond donors (Lipinski definition) is 1. The molecule has 218 valence electrons. The standard InChI is InChI=1S/C34H38N4O4/c1-4-32(40)42-31-20-27(24-8-6-5-7-9-24)34(38(31)21-30(39)37-14-16-41-17-15-37)26-11-12-28-25(19-26)10-13-29(36-28)33-22(2)18-23(3)35-33/h4,10-13,18-20,24,35H,1,5-9,14-17,21H2,2-3H3. The van der Waals surface area contributed by atoms with Crippen LogP contribution in [0.15, 0.2) is 55.1 Å². The molecule has 8 nitrogen and oxygen atoms in total. The van der Waals surface area contributed by atoms with E-state index in [0.717, 1.165) is 82.1 Å². The molecule has 8 heteroatoms. The van der Waals surface area contributed by atoms with Crippen LogP contribution in [-0.2, 0) is 20.9 Å². The molecule has 1 aliphatic carbocycles. The molecule has 1 saturated heterocycles. The fourth-order valence-corrected chi connectivity index (χ4v) is 6.43. The third-order valence-corrected chi connectivity index (χ3v) is 8.53. The Morgan fingerprint density at radius 1 is 1.07 bits per heavy atom. The average molecular weight is 567 g/mol. The molecule has 4 heterocycles. The van der Waals surface area contributed by atoms with E-state index in [1.807, 2.05) is 34.6 Å². The summed E-state index contributed by atoms with van der Waals surface area (Å²) < 4.78 is 13.1. The largest absolute Gasteiger partial charge is 0.406 e.